The fourth-order valence-corrected chi connectivity index (χ4v) is 1.52. The summed E-state index contributed by atoms with van der Waals surface area (Å²) < 4.78 is 5.08. The molecule has 0 aliphatic carbocycles. The molecular formula is C13H18N2O. The molecule has 0 amide bonds. The van der Waals surface area contributed by atoms with E-state index >= 15 is 0 Å². The lowest BCUT2D eigenvalue weighted by molar-refractivity contribution is 0.185. The van der Waals surface area contributed by atoms with Gasteiger partial charge < -0.3 is 10.1 Å². The van der Waals surface area contributed by atoms with Crippen LogP contribution in [0.5, 0.6) is 0 Å². The molecule has 1 aromatic carbocycles. The van der Waals surface area contributed by atoms with Crippen molar-refractivity contribution in [2.75, 3.05) is 13.7 Å². The number of methoxy groups -OCH3 is 1. The van der Waals surface area contributed by atoms with Crippen LogP contribution >= 0.6 is 0 Å². The first kappa shape index (κ1) is 12.7. The first-order chi connectivity index (χ1) is 7.86. The van der Waals surface area contributed by atoms with Gasteiger partial charge >= 0.3 is 0 Å². The number of nitrogens with one attached hydrogen (secondary N) is 1. The molecule has 3 nitrogen and oxygen atoms in total. The van der Waals surface area contributed by atoms with Crippen LogP contribution in [0.3, 0.4) is 0 Å². The third-order valence-corrected chi connectivity index (χ3v) is 2.27. The SMILES string of the molecule is COCc1cccc(CNCCCC#N)c1. The molecule has 86 valence electrons. The van der Waals surface area contributed by atoms with Crippen LogP contribution in [0.25, 0.3) is 0 Å². The van der Waals surface area contributed by atoms with Crippen molar-refractivity contribution < 1.29 is 4.74 Å². The zero-order valence-corrected chi connectivity index (χ0v) is 9.70. The molecule has 0 aliphatic rings. The number of nitrogens with zero attached hydrogens (tertiary/aromatic N) is 1. The van der Waals surface area contributed by atoms with Crippen molar-refractivity contribution in [3.63, 3.8) is 0 Å². The van der Waals surface area contributed by atoms with E-state index in [0.717, 1.165) is 19.5 Å². The Hall–Kier alpha value is -1.37. The summed E-state index contributed by atoms with van der Waals surface area (Å²) in [4.78, 5) is 0. The normalized spacial score (nSPS) is 10.0. The number of benzene rings is 1. The van der Waals surface area contributed by atoms with E-state index < -0.39 is 0 Å². The maximum Gasteiger partial charge on any atom is 0.0713 e. The predicted octanol–water partition coefficient (Wildman–Crippen LogP) is 2.23. The first-order valence-corrected chi connectivity index (χ1v) is 5.51. The lowest BCUT2D eigenvalue weighted by atomic mass is 10.1. The number of unbranched alkanes of at least 4 members (excludes halogenated alkanes) is 1. The summed E-state index contributed by atoms with van der Waals surface area (Å²) in [6, 6.07) is 10.5. The van der Waals surface area contributed by atoms with Gasteiger partial charge in [0.1, 0.15) is 0 Å². The van der Waals surface area contributed by atoms with Gasteiger partial charge in [-0.25, -0.2) is 0 Å². The van der Waals surface area contributed by atoms with E-state index in [-0.39, 0.29) is 0 Å². The molecule has 1 rings (SSSR count). The van der Waals surface area contributed by atoms with Gasteiger partial charge in [-0.15, -0.1) is 0 Å². The van der Waals surface area contributed by atoms with E-state index in [1.807, 2.05) is 6.07 Å². The molecule has 0 fully saturated rings. The highest BCUT2D eigenvalue weighted by atomic mass is 16.5. The third kappa shape index (κ3) is 4.92. The third-order valence-electron chi connectivity index (χ3n) is 2.27. The van der Waals surface area contributed by atoms with E-state index in [2.05, 4.69) is 29.6 Å². The highest BCUT2D eigenvalue weighted by Crippen LogP contribution is 2.06. The van der Waals surface area contributed by atoms with E-state index in [1.54, 1.807) is 7.11 Å². The standard InChI is InChI=1S/C13H18N2O/c1-16-11-13-6-4-5-12(9-13)10-15-8-3-2-7-14/h4-6,9,15H,2-3,8,10-11H2,1H3. The first-order valence-electron chi connectivity index (χ1n) is 5.51. The lowest BCUT2D eigenvalue weighted by Crippen LogP contribution is -2.14. The molecule has 0 heterocycles. The molecule has 0 atom stereocenters. The fraction of sp³-hybridized carbons (Fsp3) is 0.462. The number of ether oxygens (including phenoxy) is 1. The molecule has 3 heteroatoms. The van der Waals surface area contributed by atoms with Crippen molar-refractivity contribution in [3.8, 4) is 6.07 Å². The molecule has 0 aromatic heterocycles. The Kier molecular flexibility index (Phi) is 6.24. The van der Waals surface area contributed by atoms with Gasteiger partial charge in [-0.1, -0.05) is 24.3 Å². The Balaban J connectivity index is 2.30. The Morgan fingerprint density at radius 2 is 2.19 bits per heavy atom. The number of hydrogen-bond donors (Lipinski definition) is 1. The van der Waals surface area contributed by atoms with Crippen molar-refractivity contribution >= 4 is 0 Å². The minimum absolute atomic E-state index is 0.622. The average Bonchev–Trinajstić information content (AvgIpc) is 2.30. The molecule has 0 bridgehead atoms. The molecule has 1 N–H and O–H groups in total. The van der Waals surface area contributed by atoms with Crippen LogP contribution in [0.15, 0.2) is 24.3 Å². The molecule has 0 unspecified atom stereocenters. The molecule has 0 aliphatic heterocycles. The van der Waals surface area contributed by atoms with Crippen LogP contribution in [-0.4, -0.2) is 13.7 Å². The summed E-state index contributed by atoms with van der Waals surface area (Å²) in [5, 5.41) is 11.7. The quantitative estimate of drug-likeness (QED) is 0.714. The second-order valence-electron chi connectivity index (χ2n) is 3.69. The summed E-state index contributed by atoms with van der Waals surface area (Å²) >= 11 is 0. The van der Waals surface area contributed by atoms with Gasteiger partial charge in [0.05, 0.1) is 12.7 Å². The number of rotatable bonds is 7. The Morgan fingerprint density at radius 3 is 2.94 bits per heavy atom. The smallest absolute Gasteiger partial charge is 0.0713 e. The molecule has 1 aromatic rings. The van der Waals surface area contributed by atoms with Gasteiger partial charge in [-0.05, 0) is 24.1 Å². The molecule has 0 saturated carbocycles. The van der Waals surface area contributed by atoms with Crippen LogP contribution in [0.4, 0.5) is 0 Å². The molecule has 16 heavy (non-hydrogen) atoms. The zero-order chi connectivity index (χ0) is 11.6. The van der Waals surface area contributed by atoms with Crippen LogP contribution < -0.4 is 5.32 Å². The predicted molar refractivity (Wildman–Crippen MR) is 63.7 cm³/mol. The number of nitriles is 1. The van der Waals surface area contributed by atoms with Crippen LogP contribution in [0, 0.1) is 11.3 Å². The van der Waals surface area contributed by atoms with E-state index in [9.17, 15) is 0 Å². The largest absolute Gasteiger partial charge is 0.380 e. The van der Waals surface area contributed by atoms with Crippen molar-refractivity contribution in [1.82, 2.24) is 5.32 Å². The highest BCUT2D eigenvalue weighted by molar-refractivity contribution is 5.22. The van der Waals surface area contributed by atoms with Gasteiger partial charge in [-0.3, -0.25) is 0 Å². The Bertz CT molecular complexity index is 344. The van der Waals surface area contributed by atoms with Gasteiger partial charge in [0, 0.05) is 20.1 Å². The summed E-state index contributed by atoms with van der Waals surface area (Å²) in [5.41, 5.74) is 2.45. The molecular weight excluding hydrogens is 200 g/mol. The van der Waals surface area contributed by atoms with Gasteiger partial charge in [-0.2, -0.15) is 5.26 Å². The second kappa shape index (κ2) is 7.86. The average molecular weight is 218 g/mol. The topological polar surface area (TPSA) is 45.0 Å². The summed E-state index contributed by atoms with van der Waals surface area (Å²) in [5.74, 6) is 0. The van der Waals surface area contributed by atoms with Crippen molar-refractivity contribution in [2.45, 2.75) is 26.0 Å². The Labute approximate surface area is 97.0 Å². The number of hydrogen-bond acceptors (Lipinski definition) is 3. The second-order valence-corrected chi connectivity index (χ2v) is 3.69. The van der Waals surface area contributed by atoms with Crippen molar-refractivity contribution in [3.05, 3.63) is 35.4 Å². The van der Waals surface area contributed by atoms with E-state index in [1.165, 1.54) is 11.1 Å². The van der Waals surface area contributed by atoms with Crippen molar-refractivity contribution in [1.29, 1.82) is 5.26 Å². The van der Waals surface area contributed by atoms with E-state index in [4.69, 9.17) is 10.00 Å². The molecule has 0 radical (unpaired) electrons. The van der Waals surface area contributed by atoms with E-state index in [0.29, 0.717) is 13.0 Å². The van der Waals surface area contributed by atoms with Crippen LogP contribution in [0.1, 0.15) is 24.0 Å². The minimum Gasteiger partial charge on any atom is -0.380 e. The summed E-state index contributed by atoms with van der Waals surface area (Å²) in [6.07, 6.45) is 1.53. The van der Waals surface area contributed by atoms with Gasteiger partial charge in [0.25, 0.3) is 0 Å². The van der Waals surface area contributed by atoms with Crippen LogP contribution in [-0.2, 0) is 17.9 Å². The van der Waals surface area contributed by atoms with Gasteiger partial charge in [0.15, 0.2) is 0 Å². The summed E-state index contributed by atoms with van der Waals surface area (Å²) in [7, 11) is 1.70. The monoisotopic (exact) mass is 218 g/mol. The molecule has 0 saturated heterocycles. The molecule has 0 spiro atoms. The minimum atomic E-state index is 0.622. The lowest BCUT2D eigenvalue weighted by Gasteiger charge is -2.06. The highest BCUT2D eigenvalue weighted by Gasteiger charge is 1.95. The van der Waals surface area contributed by atoms with Crippen molar-refractivity contribution in [2.24, 2.45) is 0 Å². The maximum atomic E-state index is 8.39. The summed E-state index contributed by atoms with van der Waals surface area (Å²) in [6.45, 7) is 2.40. The van der Waals surface area contributed by atoms with Gasteiger partial charge in [0.2, 0.25) is 0 Å². The zero-order valence-electron chi connectivity index (χ0n) is 9.70. The maximum absolute atomic E-state index is 8.39. The Morgan fingerprint density at radius 1 is 1.38 bits per heavy atom. The fourth-order valence-electron chi connectivity index (χ4n) is 1.52. The van der Waals surface area contributed by atoms with Crippen LogP contribution in [0.2, 0.25) is 0 Å².